The number of hydrogen-bond donors (Lipinski definition) is 0. The minimum absolute atomic E-state index is 0.641. The molecule has 2 heterocycles. The first-order chi connectivity index (χ1) is 27.3. The summed E-state index contributed by atoms with van der Waals surface area (Å²) in [6.45, 7) is 0. The van der Waals surface area contributed by atoms with E-state index in [0.717, 1.165) is 27.6 Å². The average molecular weight is 718 g/mol. The van der Waals surface area contributed by atoms with Crippen LogP contribution in [0.2, 0.25) is 0 Å². The molecule has 0 N–H and O–H groups in total. The zero-order valence-electron chi connectivity index (χ0n) is 29.6. The zero-order valence-corrected chi connectivity index (χ0v) is 30.5. The number of rotatable bonds is 5. The predicted octanol–water partition coefficient (Wildman–Crippen LogP) is 14.0. The standard InChI is InChI=1S/C51H31N3S/c1-3-16-33(17-4-1)45-39-21-9-10-22-40(39)46(47-43-25-13-14-26-44(43)55-48(45)47)41-23-11-12-24-42(41)51-53-49(34-18-5-2-6-19-34)52-50(54-51)36-29-30-38-35(31-36)28-27-32-15-7-8-20-37(32)38/h1-31H. The molecule has 0 unspecified atom stereocenters. The number of benzene rings is 9. The predicted molar refractivity (Wildman–Crippen MR) is 232 cm³/mol. The van der Waals surface area contributed by atoms with E-state index in [1.165, 1.54) is 63.8 Å². The maximum Gasteiger partial charge on any atom is 0.164 e. The molecule has 0 aliphatic rings. The third-order valence-corrected chi connectivity index (χ3v) is 11.9. The number of nitrogens with zero attached hydrogens (tertiary/aromatic N) is 3. The Bertz CT molecular complexity index is 3260. The SMILES string of the molecule is c1ccc(-c2nc(-c3ccc4c(ccc5ccccc54)c3)nc(-c3ccccc3-c3c4ccccc4c(-c4ccccc4)c4sc5ccccc5c34)n2)cc1. The molecule has 256 valence electrons. The van der Waals surface area contributed by atoms with E-state index in [4.69, 9.17) is 15.0 Å². The molecule has 0 bridgehead atoms. The van der Waals surface area contributed by atoms with Crippen molar-refractivity contribution in [2.45, 2.75) is 0 Å². The van der Waals surface area contributed by atoms with E-state index in [1.54, 1.807) is 0 Å². The third kappa shape index (κ3) is 5.22. The fourth-order valence-electron chi connectivity index (χ4n) is 8.21. The zero-order chi connectivity index (χ0) is 36.3. The maximum absolute atomic E-state index is 5.31. The maximum atomic E-state index is 5.31. The minimum atomic E-state index is 0.641. The van der Waals surface area contributed by atoms with Gasteiger partial charge in [0.05, 0.1) is 0 Å². The molecule has 9 aromatic carbocycles. The Hall–Kier alpha value is -7.01. The Morgan fingerprint density at radius 1 is 0.327 bits per heavy atom. The Morgan fingerprint density at radius 2 is 0.873 bits per heavy atom. The van der Waals surface area contributed by atoms with E-state index in [9.17, 15) is 0 Å². The molecule has 11 aromatic rings. The topological polar surface area (TPSA) is 38.7 Å². The Morgan fingerprint density at radius 3 is 1.65 bits per heavy atom. The highest BCUT2D eigenvalue weighted by molar-refractivity contribution is 7.26. The first kappa shape index (κ1) is 31.5. The van der Waals surface area contributed by atoms with Crippen molar-refractivity contribution in [3.05, 3.63) is 188 Å². The van der Waals surface area contributed by atoms with Crippen molar-refractivity contribution in [3.63, 3.8) is 0 Å². The molecule has 4 heteroatoms. The molecule has 0 amide bonds. The molecule has 0 saturated carbocycles. The van der Waals surface area contributed by atoms with Crippen molar-refractivity contribution in [1.82, 2.24) is 15.0 Å². The van der Waals surface area contributed by atoms with Gasteiger partial charge in [0.1, 0.15) is 0 Å². The summed E-state index contributed by atoms with van der Waals surface area (Å²) in [6.07, 6.45) is 0. The van der Waals surface area contributed by atoms with Crippen LogP contribution in [0.25, 0.3) is 109 Å². The van der Waals surface area contributed by atoms with E-state index < -0.39 is 0 Å². The smallest absolute Gasteiger partial charge is 0.164 e. The van der Waals surface area contributed by atoms with Gasteiger partial charge in [-0.05, 0) is 61.1 Å². The largest absolute Gasteiger partial charge is 0.208 e. The first-order valence-electron chi connectivity index (χ1n) is 18.5. The Labute approximate surface area is 321 Å². The van der Waals surface area contributed by atoms with Gasteiger partial charge >= 0.3 is 0 Å². The third-order valence-electron chi connectivity index (χ3n) is 10.7. The first-order valence-corrected chi connectivity index (χ1v) is 19.3. The number of thiophene rings is 1. The summed E-state index contributed by atoms with van der Waals surface area (Å²) < 4.78 is 2.54. The van der Waals surface area contributed by atoms with Crippen molar-refractivity contribution >= 4 is 63.8 Å². The van der Waals surface area contributed by atoms with Gasteiger partial charge in [-0.2, -0.15) is 0 Å². The molecule has 2 aromatic heterocycles. The van der Waals surface area contributed by atoms with Crippen LogP contribution in [0.5, 0.6) is 0 Å². The number of fused-ring (bicyclic) bond motifs is 7. The van der Waals surface area contributed by atoms with Gasteiger partial charge in [-0.15, -0.1) is 11.3 Å². The monoisotopic (exact) mass is 717 g/mol. The van der Waals surface area contributed by atoms with Crippen LogP contribution in [-0.2, 0) is 0 Å². The second-order valence-electron chi connectivity index (χ2n) is 13.9. The summed E-state index contributed by atoms with van der Waals surface area (Å²) in [4.78, 5) is 15.7. The number of hydrogen-bond acceptors (Lipinski definition) is 4. The Kier molecular flexibility index (Phi) is 7.35. The quantitative estimate of drug-likeness (QED) is 0.166. The molecule has 55 heavy (non-hydrogen) atoms. The van der Waals surface area contributed by atoms with Gasteiger partial charge in [0.15, 0.2) is 17.5 Å². The van der Waals surface area contributed by atoms with Crippen LogP contribution in [0, 0.1) is 0 Å². The summed E-state index contributed by atoms with van der Waals surface area (Å²) in [6, 6.07) is 66.8. The van der Waals surface area contributed by atoms with Crippen molar-refractivity contribution < 1.29 is 0 Å². The highest BCUT2D eigenvalue weighted by Crippen LogP contribution is 2.51. The van der Waals surface area contributed by atoms with Crippen LogP contribution >= 0.6 is 11.3 Å². The lowest BCUT2D eigenvalue weighted by atomic mass is 9.86. The van der Waals surface area contributed by atoms with Crippen LogP contribution in [0.4, 0.5) is 0 Å². The average Bonchev–Trinajstić information content (AvgIpc) is 3.64. The van der Waals surface area contributed by atoms with Crippen LogP contribution in [0.3, 0.4) is 0 Å². The second kappa shape index (κ2) is 12.8. The molecule has 3 nitrogen and oxygen atoms in total. The molecule has 0 aliphatic carbocycles. The molecular formula is C51H31N3S. The summed E-state index contributed by atoms with van der Waals surface area (Å²) in [5.41, 5.74) is 7.63. The van der Waals surface area contributed by atoms with Crippen molar-refractivity contribution in [1.29, 1.82) is 0 Å². The summed E-state index contributed by atoms with van der Waals surface area (Å²) in [5.74, 6) is 1.93. The van der Waals surface area contributed by atoms with Gasteiger partial charge in [-0.25, -0.2) is 15.0 Å². The highest BCUT2D eigenvalue weighted by atomic mass is 32.1. The van der Waals surface area contributed by atoms with Crippen molar-refractivity contribution in [2.24, 2.45) is 0 Å². The molecule has 0 radical (unpaired) electrons. The summed E-state index contributed by atoms with van der Waals surface area (Å²) in [5, 5.41) is 9.75. The van der Waals surface area contributed by atoms with E-state index in [1.807, 2.05) is 29.5 Å². The molecule has 0 saturated heterocycles. The van der Waals surface area contributed by atoms with Gasteiger partial charge < -0.3 is 0 Å². The fraction of sp³-hybridized carbons (Fsp3) is 0. The second-order valence-corrected chi connectivity index (χ2v) is 15.0. The van der Waals surface area contributed by atoms with E-state index >= 15 is 0 Å². The van der Waals surface area contributed by atoms with Crippen LogP contribution in [-0.4, -0.2) is 15.0 Å². The normalized spacial score (nSPS) is 11.6. The molecule has 0 spiro atoms. The van der Waals surface area contributed by atoms with Crippen molar-refractivity contribution in [3.8, 4) is 56.4 Å². The fourth-order valence-corrected chi connectivity index (χ4v) is 9.50. The van der Waals surface area contributed by atoms with Gasteiger partial charge in [0.2, 0.25) is 0 Å². The van der Waals surface area contributed by atoms with Gasteiger partial charge in [0, 0.05) is 42.4 Å². The van der Waals surface area contributed by atoms with Gasteiger partial charge in [0.25, 0.3) is 0 Å². The number of aromatic nitrogens is 3. The molecule has 11 rings (SSSR count). The van der Waals surface area contributed by atoms with Crippen molar-refractivity contribution in [2.75, 3.05) is 0 Å². The minimum Gasteiger partial charge on any atom is -0.208 e. The molecule has 0 fully saturated rings. The van der Waals surface area contributed by atoms with Crippen LogP contribution in [0.1, 0.15) is 0 Å². The Balaban J connectivity index is 1.20. The highest BCUT2D eigenvalue weighted by Gasteiger charge is 2.24. The lowest BCUT2D eigenvalue weighted by Crippen LogP contribution is -2.01. The van der Waals surface area contributed by atoms with E-state index in [-0.39, 0.29) is 0 Å². The van der Waals surface area contributed by atoms with E-state index in [0.29, 0.717) is 17.5 Å². The van der Waals surface area contributed by atoms with Gasteiger partial charge in [-0.1, -0.05) is 176 Å². The molecule has 0 aliphatic heterocycles. The van der Waals surface area contributed by atoms with Gasteiger partial charge in [-0.3, -0.25) is 0 Å². The van der Waals surface area contributed by atoms with Crippen LogP contribution < -0.4 is 0 Å². The van der Waals surface area contributed by atoms with Crippen LogP contribution in [0.15, 0.2) is 188 Å². The molecule has 0 atom stereocenters. The lowest BCUT2D eigenvalue weighted by Gasteiger charge is -2.18. The molecular weight excluding hydrogens is 687 g/mol. The van der Waals surface area contributed by atoms with E-state index in [2.05, 4.69) is 170 Å². The lowest BCUT2D eigenvalue weighted by molar-refractivity contribution is 1.07. The summed E-state index contributed by atoms with van der Waals surface area (Å²) >= 11 is 1.87. The summed E-state index contributed by atoms with van der Waals surface area (Å²) in [7, 11) is 0.